The van der Waals surface area contributed by atoms with E-state index in [1.165, 1.54) is 36.9 Å². The van der Waals surface area contributed by atoms with E-state index in [0.29, 0.717) is 6.04 Å². The van der Waals surface area contributed by atoms with Gasteiger partial charge in [-0.15, -0.1) is 0 Å². The predicted molar refractivity (Wildman–Crippen MR) is 93.8 cm³/mol. The average molecular weight is 290 g/mol. The van der Waals surface area contributed by atoms with Crippen molar-refractivity contribution in [1.82, 2.24) is 10.2 Å². The van der Waals surface area contributed by atoms with Crippen molar-refractivity contribution in [2.45, 2.75) is 53.0 Å². The summed E-state index contributed by atoms with van der Waals surface area (Å²) in [7, 11) is 2.23. The van der Waals surface area contributed by atoms with E-state index in [0.717, 1.165) is 19.0 Å². The van der Waals surface area contributed by atoms with Gasteiger partial charge in [-0.05, 0) is 50.0 Å². The Morgan fingerprint density at radius 1 is 1.10 bits per heavy atom. The molecule has 2 heteroatoms. The highest BCUT2D eigenvalue weighted by Crippen LogP contribution is 2.17. The number of hydrogen-bond acceptors (Lipinski definition) is 2. The zero-order valence-corrected chi connectivity index (χ0v) is 14.7. The van der Waals surface area contributed by atoms with Crippen LogP contribution in [-0.2, 0) is 6.42 Å². The SMILES string of the molecule is CCCCN(C)CC(NCC)c1ccc(CC(C)C)cc1. The third kappa shape index (κ3) is 7.10. The summed E-state index contributed by atoms with van der Waals surface area (Å²) in [4.78, 5) is 2.44. The molecular formula is C19H34N2. The second-order valence-electron chi connectivity index (χ2n) is 6.57. The fourth-order valence-corrected chi connectivity index (χ4v) is 2.72. The van der Waals surface area contributed by atoms with Crippen molar-refractivity contribution in [2.75, 3.05) is 26.7 Å². The van der Waals surface area contributed by atoms with Crippen molar-refractivity contribution in [2.24, 2.45) is 5.92 Å². The standard InChI is InChI=1S/C19H34N2/c1-6-8-13-21(5)15-19(20-7-2)18-11-9-17(10-12-18)14-16(3)4/h9-12,16,19-20H,6-8,13-15H2,1-5H3. The Morgan fingerprint density at radius 2 is 1.76 bits per heavy atom. The van der Waals surface area contributed by atoms with Crippen LogP contribution in [0.3, 0.4) is 0 Å². The molecule has 21 heavy (non-hydrogen) atoms. The molecule has 0 aliphatic heterocycles. The summed E-state index contributed by atoms with van der Waals surface area (Å²) in [6.07, 6.45) is 3.71. The number of likely N-dealkylation sites (N-methyl/N-ethyl adjacent to an activating group) is 2. The van der Waals surface area contributed by atoms with Crippen molar-refractivity contribution in [3.05, 3.63) is 35.4 Å². The minimum Gasteiger partial charge on any atom is -0.309 e. The molecule has 0 saturated carbocycles. The van der Waals surface area contributed by atoms with Crippen LogP contribution in [0.1, 0.15) is 57.7 Å². The molecule has 0 amide bonds. The van der Waals surface area contributed by atoms with E-state index >= 15 is 0 Å². The highest BCUT2D eigenvalue weighted by Gasteiger charge is 2.12. The lowest BCUT2D eigenvalue weighted by Gasteiger charge is -2.25. The van der Waals surface area contributed by atoms with Crippen LogP contribution in [0.25, 0.3) is 0 Å². The zero-order chi connectivity index (χ0) is 15.7. The van der Waals surface area contributed by atoms with Crippen LogP contribution < -0.4 is 5.32 Å². The summed E-state index contributed by atoms with van der Waals surface area (Å²) in [5.41, 5.74) is 2.86. The van der Waals surface area contributed by atoms with Gasteiger partial charge in [0, 0.05) is 12.6 Å². The molecular weight excluding hydrogens is 256 g/mol. The maximum absolute atomic E-state index is 3.62. The third-order valence-corrected chi connectivity index (χ3v) is 3.86. The predicted octanol–water partition coefficient (Wildman–Crippen LogP) is 4.27. The number of hydrogen-bond donors (Lipinski definition) is 1. The Hall–Kier alpha value is -0.860. The van der Waals surface area contributed by atoms with Crippen molar-refractivity contribution in [3.8, 4) is 0 Å². The molecule has 0 saturated heterocycles. The van der Waals surface area contributed by atoms with Crippen LogP contribution in [-0.4, -0.2) is 31.6 Å². The lowest BCUT2D eigenvalue weighted by atomic mass is 9.99. The topological polar surface area (TPSA) is 15.3 Å². The summed E-state index contributed by atoms with van der Waals surface area (Å²) < 4.78 is 0. The van der Waals surface area contributed by atoms with Crippen LogP contribution in [0.5, 0.6) is 0 Å². The molecule has 0 aromatic heterocycles. The van der Waals surface area contributed by atoms with Gasteiger partial charge in [-0.2, -0.15) is 0 Å². The van der Waals surface area contributed by atoms with Gasteiger partial charge < -0.3 is 10.2 Å². The Kier molecular flexibility index (Phi) is 8.63. The third-order valence-electron chi connectivity index (χ3n) is 3.86. The van der Waals surface area contributed by atoms with Crippen LogP contribution in [0, 0.1) is 5.92 Å². The van der Waals surface area contributed by atoms with E-state index < -0.39 is 0 Å². The normalized spacial score (nSPS) is 13.1. The van der Waals surface area contributed by atoms with E-state index in [1.54, 1.807) is 0 Å². The van der Waals surface area contributed by atoms with Gasteiger partial charge >= 0.3 is 0 Å². The number of nitrogens with zero attached hydrogens (tertiary/aromatic N) is 1. The Morgan fingerprint density at radius 3 is 2.29 bits per heavy atom. The molecule has 0 radical (unpaired) electrons. The fraction of sp³-hybridized carbons (Fsp3) is 0.684. The number of unbranched alkanes of at least 4 members (excludes halogenated alkanes) is 1. The molecule has 1 N–H and O–H groups in total. The number of benzene rings is 1. The van der Waals surface area contributed by atoms with E-state index in [-0.39, 0.29) is 0 Å². The largest absolute Gasteiger partial charge is 0.309 e. The molecule has 1 rings (SSSR count). The summed E-state index contributed by atoms with van der Waals surface area (Å²) in [6, 6.07) is 9.64. The van der Waals surface area contributed by atoms with E-state index in [1.807, 2.05) is 0 Å². The first-order chi connectivity index (χ1) is 10.1. The van der Waals surface area contributed by atoms with Crippen molar-refractivity contribution in [3.63, 3.8) is 0 Å². The van der Waals surface area contributed by atoms with Gasteiger partial charge in [-0.25, -0.2) is 0 Å². The maximum atomic E-state index is 3.62. The lowest BCUT2D eigenvalue weighted by molar-refractivity contribution is 0.288. The highest BCUT2D eigenvalue weighted by molar-refractivity contribution is 5.25. The minimum atomic E-state index is 0.435. The first kappa shape index (κ1) is 18.2. The van der Waals surface area contributed by atoms with Gasteiger partial charge in [0.1, 0.15) is 0 Å². The van der Waals surface area contributed by atoms with Crippen LogP contribution in [0.15, 0.2) is 24.3 Å². The highest BCUT2D eigenvalue weighted by atomic mass is 15.1. The summed E-state index contributed by atoms with van der Waals surface area (Å²) in [5, 5.41) is 3.62. The molecule has 2 nitrogen and oxygen atoms in total. The molecule has 0 aliphatic rings. The first-order valence-electron chi connectivity index (χ1n) is 8.57. The smallest absolute Gasteiger partial charge is 0.0449 e. The number of rotatable bonds is 10. The molecule has 120 valence electrons. The maximum Gasteiger partial charge on any atom is 0.0449 e. The average Bonchev–Trinajstić information content (AvgIpc) is 2.45. The molecule has 1 aromatic carbocycles. The first-order valence-corrected chi connectivity index (χ1v) is 8.57. The second kappa shape index (κ2) is 9.97. The van der Waals surface area contributed by atoms with Gasteiger partial charge in [0.25, 0.3) is 0 Å². The molecule has 1 aromatic rings. The van der Waals surface area contributed by atoms with E-state index in [2.05, 4.69) is 69.2 Å². The monoisotopic (exact) mass is 290 g/mol. The molecule has 0 bridgehead atoms. The van der Waals surface area contributed by atoms with Gasteiger partial charge in [-0.1, -0.05) is 58.4 Å². The molecule has 0 heterocycles. The summed E-state index contributed by atoms with van der Waals surface area (Å²) in [6.45, 7) is 12.3. The molecule has 1 atom stereocenters. The Balaban J connectivity index is 2.66. The van der Waals surface area contributed by atoms with Crippen molar-refractivity contribution >= 4 is 0 Å². The second-order valence-corrected chi connectivity index (χ2v) is 6.57. The van der Waals surface area contributed by atoms with E-state index in [4.69, 9.17) is 0 Å². The van der Waals surface area contributed by atoms with Crippen LogP contribution >= 0.6 is 0 Å². The van der Waals surface area contributed by atoms with Gasteiger partial charge in [0.05, 0.1) is 0 Å². The van der Waals surface area contributed by atoms with Crippen LogP contribution in [0.4, 0.5) is 0 Å². The molecule has 0 aliphatic carbocycles. The summed E-state index contributed by atoms with van der Waals surface area (Å²) in [5.74, 6) is 0.723. The lowest BCUT2D eigenvalue weighted by Crippen LogP contribution is -2.33. The van der Waals surface area contributed by atoms with Gasteiger partial charge in [0.15, 0.2) is 0 Å². The number of nitrogens with one attached hydrogen (secondary N) is 1. The van der Waals surface area contributed by atoms with Crippen molar-refractivity contribution in [1.29, 1.82) is 0 Å². The zero-order valence-electron chi connectivity index (χ0n) is 14.7. The van der Waals surface area contributed by atoms with Crippen molar-refractivity contribution < 1.29 is 0 Å². The molecule has 0 fully saturated rings. The van der Waals surface area contributed by atoms with Gasteiger partial charge in [0.2, 0.25) is 0 Å². The van der Waals surface area contributed by atoms with Crippen LogP contribution in [0.2, 0.25) is 0 Å². The Labute approximate surface area is 131 Å². The summed E-state index contributed by atoms with van der Waals surface area (Å²) >= 11 is 0. The Bertz CT molecular complexity index is 370. The molecule has 0 spiro atoms. The van der Waals surface area contributed by atoms with Gasteiger partial charge in [-0.3, -0.25) is 0 Å². The fourth-order valence-electron chi connectivity index (χ4n) is 2.72. The molecule has 1 unspecified atom stereocenters. The minimum absolute atomic E-state index is 0.435. The van der Waals surface area contributed by atoms with E-state index in [9.17, 15) is 0 Å². The quantitative estimate of drug-likeness (QED) is 0.692.